The molecule has 0 fully saturated rings. The van der Waals surface area contributed by atoms with Crippen LogP contribution in [-0.4, -0.2) is 7.11 Å². The molecule has 0 radical (unpaired) electrons. The van der Waals surface area contributed by atoms with E-state index in [2.05, 4.69) is 5.32 Å². The third-order valence-electron chi connectivity index (χ3n) is 3.99. The lowest BCUT2D eigenvalue weighted by Gasteiger charge is -2.12. The fourth-order valence-electron chi connectivity index (χ4n) is 2.55. The van der Waals surface area contributed by atoms with Crippen LogP contribution in [0.2, 0.25) is 15.1 Å². The van der Waals surface area contributed by atoms with Crippen molar-refractivity contribution in [2.24, 2.45) is 0 Å². The van der Waals surface area contributed by atoms with Crippen LogP contribution in [0.25, 0.3) is 0 Å². The standard InChI is InChI=1S/C21H18Cl3NO2/c1-26-21-9-8-15(11-20(21)24)25-12-14-4-2-5-16(10-14)27-13-17-18(22)6-3-7-19(17)23/h2-11,25H,12-13H2,1H3. The minimum Gasteiger partial charge on any atom is -0.495 e. The van der Waals surface area contributed by atoms with Gasteiger partial charge in [-0.1, -0.05) is 53.0 Å². The second-order valence-corrected chi connectivity index (χ2v) is 7.06. The first kappa shape index (κ1) is 19.7. The lowest BCUT2D eigenvalue weighted by molar-refractivity contribution is 0.306. The van der Waals surface area contributed by atoms with E-state index in [1.165, 1.54) is 0 Å². The summed E-state index contributed by atoms with van der Waals surface area (Å²) in [7, 11) is 1.59. The predicted molar refractivity (Wildman–Crippen MR) is 113 cm³/mol. The van der Waals surface area contributed by atoms with Crippen LogP contribution in [0.1, 0.15) is 11.1 Å². The van der Waals surface area contributed by atoms with Gasteiger partial charge in [-0.15, -0.1) is 0 Å². The lowest BCUT2D eigenvalue weighted by atomic mass is 10.2. The van der Waals surface area contributed by atoms with Crippen LogP contribution < -0.4 is 14.8 Å². The first-order valence-electron chi connectivity index (χ1n) is 8.29. The zero-order chi connectivity index (χ0) is 19.2. The van der Waals surface area contributed by atoms with Gasteiger partial charge in [-0.05, 0) is 48.0 Å². The number of nitrogens with one attached hydrogen (secondary N) is 1. The van der Waals surface area contributed by atoms with Crippen molar-refractivity contribution in [3.8, 4) is 11.5 Å². The molecule has 0 aliphatic carbocycles. The Kier molecular flexibility index (Phi) is 6.73. The molecule has 1 N–H and O–H groups in total. The maximum absolute atomic E-state index is 6.18. The van der Waals surface area contributed by atoms with E-state index in [4.69, 9.17) is 44.3 Å². The number of anilines is 1. The van der Waals surface area contributed by atoms with Crippen LogP contribution in [0, 0.1) is 0 Å². The Morgan fingerprint density at radius 3 is 2.30 bits per heavy atom. The number of halogens is 3. The fourth-order valence-corrected chi connectivity index (χ4v) is 3.32. The largest absolute Gasteiger partial charge is 0.495 e. The number of methoxy groups -OCH3 is 1. The van der Waals surface area contributed by atoms with Crippen molar-refractivity contribution in [1.29, 1.82) is 0 Å². The van der Waals surface area contributed by atoms with Gasteiger partial charge < -0.3 is 14.8 Å². The van der Waals surface area contributed by atoms with Gasteiger partial charge in [0.25, 0.3) is 0 Å². The summed E-state index contributed by atoms with van der Waals surface area (Å²) < 4.78 is 11.0. The van der Waals surface area contributed by atoms with Gasteiger partial charge in [-0.2, -0.15) is 0 Å². The summed E-state index contributed by atoms with van der Waals surface area (Å²) >= 11 is 18.5. The highest BCUT2D eigenvalue weighted by atomic mass is 35.5. The van der Waals surface area contributed by atoms with E-state index in [0.717, 1.165) is 22.6 Å². The van der Waals surface area contributed by atoms with Crippen LogP contribution >= 0.6 is 34.8 Å². The Bertz CT molecular complexity index is 911. The van der Waals surface area contributed by atoms with Gasteiger partial charge in [0.05, 0.1) is 12.1 Å². The Labute approximate surface area is 173 Å². The molecule has 140 valence electrons. The van der Waals surface area contributed by atoms with Gasteiger partial charge >= 0.3 is 0 Å². The molecule has 0 spiro atoms. The molecule has 0 bridgehead atoms. The number of hydrogen-bond acceptors (Lipinski definition) is 3. The number of ether oxygens (including phenoxy) is 2. The molecule has 0 aliphatic rings. The van der Waals surface area contributed by atoms with E-state index in [1.807, 2.05) is 48.5 Å². The number of benzene rings is 3. The average molecular weight is 423 g/mol. The van der Waals surface area contributed by atoms with Gasteiger partial charge in [-0.3, -0.25) is 0 Å². The summed E-state index contributed by atoms with van der Waals surface area (Å²) in [6, 6.07) is 18.8. The fraction of sp³-hybridized carbons (Fsp3) is 0.143. The van der Waals surface area contributed by atoms with E-state index in [9.17, 15) is 0 Å². The highest BCUT2D eigenvalue weighted by Gasteiger charge is 2.07. The topological polar surface area (TPSA) is 30.5 Å². The van der Waals surface area contributed by atoms with Crippen molar-refractivity contribution in [3.63, 3.8) is 0 Å². The highest BCUT2D eigenvalue weighted by Crippen LogP contribution is 2.28. The summed E-state index contributed by atoms with van der Waals surface area (Å²) in [5.41, 5.74) is 2.76. The zero-order valence-corrected chi connectivity index (χ0v) is 16.9. The average Bonchev–Trinajstić information content (AvgIpc) is 2.66. The SMILES string of the molecule is COc1ccc(NCc2cccc(OCc3c(Cl)cccc3Cl)c2)cc1Cl. The van der Waals surface area contributed by atoms with E-state index in [0.29, 0.717) is 34.0 Å². The van der Waals surface area contributed by atoms with E-state index in [-0.39, 0.29) is 0 Å². The minimum absolute atomic E-state index is 0.309. The molecule has 27 heavy (non-hydrogen) atoms. The second kappa shape index (κ2) is 9.23. The van der Waals surface area contributed by atoms with Crippen molar-refractivity contribution < 1.29 is 9.47 Å². The molecule has 3 aromatic carbocycles. The molecule has 0 saturated carbocycles. The monoisotopic (exact) mass is 421 g/mol. The van der Waals surface area contributed by atoms with Crippen LogP contribution in [-0.2, 0) is 13.2 Å². The Balaban J connectivity index is 1.63. The maximum atomic E-state index is 6.18. The molecule has 3 aromatic rings. The molecule has 0 amide bonds. The van der Waals surface area contributed by atoms with Gasteiger partial charge in [-0.25, -0.2) is 0 Å². The minimum atomic E-state index is 0.309. The molecule has 3 nitrogen and oxygen atoms in total. The number of hydrogen-bond donors (Lipinski definition) is 1. The molecule has 0 heterocycles. The first-order valence-corrected chi connectivity index (χ1v) is 9.42. The molecule has 0 aromatic heterocycles. The first-order chi connectivity index (χ1) is 13.1. The maximum Gasteiger partial charge on any atom is 0.137 e. The van der Waals surface area contributed by atoms with Crippen molar-refractivity contribution in [2.45, 2.75) is 13.2 Å². The molecule has 0 atom stereocenters. The van der Waals surface area contributed by atoms with Crippen molar-refractivity contribution in [2.75, 3.05) is 12.4 Å². The summed E-state index contributed by atoms with van der Waals surface area (Å²) in [6.45, 7) is 0.941. The van der Waals surface area contributed by atoms with Crippen LogP contribution in [0.3, 0.4) is 0 Å². The Hall–Kier alpha value is -2.07. The van der Waals surface area contributed by atoms with Gasteiger partial charge in [0.2, 0.25) is 0 Å². The quantitative estimate of drug-likeness (QED) is 0.452. The van der Waals surface area contributed by atoms with Gasteiger partial charge in [0.15, 0.2) is 0 Å². The van der Waals surface area contributed by atoms with Gasteiger partial charge in [0, 0.05) is 27.8 Å². The molecular formula is C21H18Cl3NO2. The van der Waals surface area contributed by atoms with Crippen LogP contribution in [0.4, 0.5) is 5.69 Å². The molecule has 0 unspecified atom stereocenters. The summed E-state index contributed by atoms with van der Waals surface area (Å²) in [4.78, 5) is 0. The molecule has 6 heteroatoms. The van der Waals surface area contributed by atoms with E-state index >= 15 is 0 Å². The smallest absolute Gasteiger partial charge is 0.137 e. The molecular weight excluding hydrogens is 405 g/mol. The molecule has 3 rings (SSSR count). The van der Waals surface area contributed by atoms with Crippen LogP contribution in [0.5, 0.6) is 11.5 Å². The Morgan fingerprint density at radius 2 is 1.59 bits per heavy atom. The zero-order valence-electron chi connectivity index (χ0n) is 14.6. The molecule has 0 aliphatic heterocycles. The normalized spacial score (nSPS) is 10.5. The lowest BCUT2D eigenvalue weighted by Crippen LogP contribution is -2.01. The van der Waals surface area contributed by atoms with Crippen molar-refractivity contribution in [3.05, 3.63) is 86.9 Å². The highest BCUT2D eigenvalue weighted by molar-refractivity contribution is 6.36. The third-order valence-corrected chi connectivity index (χ3v) is 5.00. The predicted octanol–water partition coefficient (Wildman–Crippen LogP) is 6.85. The second-order valence-electron chi connectivity index (χ2n) is 5.84. The number of rotatable bonds is 7. The van der Waals surface area contributed by atoms with E-state index < -0.39 is 0 Å². The van der Waals surface area contributed by atoms with Crippen molar-refractivity contribution >= 4 is 40.5 Å². The summed E-state index contributed by atoms with van der Waals surface area (Å²) in [5.74, 6) is 1.40. The Morgan fingerprint density at radius 1 is 0.852 bits per heavy atom. The summed E-state index contributed by atoms with van der Waals surface area (Å²) in [5, 5.41) is 5.09. The van der Waals surface area contributed by atoms with Gasteiger partial charge in [0.1, 0.15) is 18.1 Å². The molecule has 0 saturated heterocycles. The van der Waals surface area contributed by atoms with Crippen LogP contribution in [0.15, 0.2) is 60.7 Å². The third kappa shape index (κ3) is 5.23. The summed E-state index contributed by atoms with van der Waals surface area (Å²) in [6.07, 6.45) is 0. The van der Waals surface area contributed by atoms with Crippen molar-refractivity contribution in [1.82, 2.24) is 0 Å². The van der Waals surface area contributed by atoms with E-state index in [1.54, 1.807) is 19.2 Å².